The number of allylic oxidation sites excluding steroid dienone is 1. The van der Waals surface area contributed by atoms with Gasteiger partial charge in [-0.25, -0.2) is 0 Å². The number of ether oxygens (including phenoxy) is 2. The van der Waals surface area contributed by atoms with Crippen LogP contribution in [0.3, 0.4) is 0 Å². The molecular formula is C14H18O5. The minimum atomic E-state index is -1.15. The minimum Gasteiger partial charge on any atom is -0.481 e. The number of rotatable bonds is 2. The summed E-state index contributed by atoms with van der Waals surface area (Å²) in [5.41, 5.74) is -1.15. The molecule has 1 aliphatic heterocycles. The molecule has 0 amide bonds. The molecule has 5 heteroatoms. The Labute approximate surface area is 111 Å². The maximum Gasteiger partial charge on any atom is 0.315 e. The zero-order valence-electron chi connectivity index (χ0n) is 11.0. The van der Waals surface area contributed by atoms with E-state index >= 15 is 0 Å². The molecule has 0 aromatic rings. The summed E-state index contributed by atoms with van der Waals surface area (Å²) in [5, 5.41) is 9.83. The first-order valence-electron chi connectivity index (χ1n) is 6.68. The van der Waals surface area contributed by atoms with Gasteiger partial charge in [0.05, 0.1) is 12.0 Å². The van der Waals surface area contributed by atoms with Gasteiger partial charge in [-0.05, 0) is 18.8 Å². The highest BCUT2D eigenvalue weighted by Gasteiger charge is 2.70. The van der Waals surface area contributed by atoms with Gasteiger partial charge >= 0.3 is 11.9 Å². The topological polar surface area (TPSA) is 72.8 Å². The van der Waals surface area contributed by atoms with Crippen molar-refractivity contribution >= 4 is 11.9 Å². The van der Waals surface area contributed by atoms with Crippen molar-refractivity contribution in [2.75, 3.05) is 7.11 Å². The molecule has 6 atom stereocenters. The second-order valence-corrected chi connectivity index (χ2v) is 5.76. The number of hydrogen-bond donors (Lipinski definition) is 1. The number of methoxy groups -OCH3 is 1. The highest BCUT2D eigenvalue weighted by Crippen LogP contribution is 2.58. The molecule has 0 aromatic heterocycles. The lowest BCUT2D eigenvalue weighted by molar-refractivity contribution is -0.172. The Kier molecular flexibility index (Phi) is 2.71. The molecule has 2 fully saturated rings. The SMILES string of the molecule is CO[C@@H]1CC[C@H]2OC(=O)[C@@H]3[C@H](C)C=C[C@H]1[C@@]32C(=O)O. The summed E-state index contributed by atoms with van der Waals surface area (Å²) in [4.78, 5) is 24.1. The van der Waals surface area contributed by atoms with E-state index in [1.807, 2.05) is 19.1 Å². The lowest BCUT2D eigenvalue weighted by atomic mass is 9.53. The van der Waals surface area contributed by atoms with E-state index in [0.29, 0.717) is 6.42 Å². The molecular weight excluding hydrogens is 248 g/mol. The molecule has 104 valence electrons. The second-order valence-electron chi connectivity index (χ2n) is 5.76. The molecule has 2 aliphatic carbocycles. The number of esters is 1. The van der Waals surface area contributed by atoms with Crippen molar-refractivity contribution in [3.05, 3.63) is 12.2 Å². The zero-order valence-corrected chi connectivity index (χ0v) is 11.0. The number of carboxylic acid groups (broad SMARTS) is 1. The Hall–Kier alpha value is -1.36. The lowest BCUT2D eigenvalue weighted by Crippen LogP contribution is -2.58. The Balaban J connectivity index is 2.17. The van der Waals surface area contributed by atoms with Crippen LogP contribution in [0.15, 0.2) is 12.2 Å². The van der Waals surface area contributed by atoms with E-state index in [-0.39, 0.29) is 23.9 Å². The summed E-state index contributed by atoms with van der Waals surface area (Å²) in [6.45, 7) is 1.88. The Morgan fingerprint density at radius 2 is 2.21 bits per heavy atom. The van der Waals surface area contributed by atoms with Crippen LogP contribution in [0, 0.1) is 23.2 Å². The maximum atomic E-state index is 12.1. The van der Waals surface area contributed by atoms with Crippen molar-refractivity contribution in [2.24, 2.45) is 23.2 Å². The van der Waals surface area contributed by atoms with E-state index in [9.17, 15) is 14.7 Å². The minimum absolute atomic E-state index is 0.111. The Morgan fingerprint density at radius 1 is 1.47 bits per heavy atom. The molecule has 19 heavy (non-hydrogen) atoms. The van der Waals surface area contributed by atoms with Gasteiger partial charge in [-0.15, -0.1) is 0 Å². The van der Waals surface area contributed by atoms with Crippen LogP contribution < -0.4 is 0 Å². The van der Waals surface area contributed by atoms with Gasteiger partial charge in [0.25, 0.3) is 0 Å². The van der Waals surface area contributed by atoms with Crippen molar-refractivity contribution in [2.45, 2.75) is 32.0 Å². The summed E-state index contributed by atoms with van der Waals surface area (Å²) >= 11 is 0. The Morgan fingerprint density at radius 3 is 2.84 bits per heavy atom. The summed E-state index contributed by atoms with van der Waals surface area (Å²) in [5.74, 6) is -2.30. The lowest BCUT2D eigenvalue weighted by Gasteiger charge is -2.48. The third-order valence-corrected chi connectivity index (χ3v) is 5.05. The van der Waals surface area contributed by atoms with E-state index in [0.717, 1.165) is 6.42 Å². The van der Waals surface area contributed by atoms with E-state index in [2.05, 4.69) is 0 Å². The first-order valence-corrected chi connectivity index (χ1v) is 6.68. The van der Waals surface area contributed by atoms with Crippen molar-refractivity contribution in [1.29, 1.82) is 0 Å². The smallest absolute Gasteiger partial charge is 0.315 e. The fourth-order valence-electron chi connectivity index (χ4n) is 4.25. The summed E-state index contributed by atoms with van der Waals surface area (Å²) in [6, 6.07) is 0. The molecule has 1 N–H and O–H groups in total. The van der Waals surface area contributed by atoms with Gasteiger partial charge in [0.1, 0.15) is 11.5 Å². The van der Waals surface area contributed by atoms with Crippen LogP contribution in [-0.2, 0) is 19.1 Å². The fraction of sp³-hybridized carbons (Fsp3) is 0.714. The van der Waals surface area contributed by atoms with E-state index in [1.165, 1.54) is 0 Å². The zero-order chi connectivity index (χ0) is 13.8. The monoisotopic (exact) mass is 266 g/mol. The molecule has 1 heterocycles. The highest BCUT2D eigenvalue weighted by atomic mass is 16.6. The quantitative estimate of drug-likeness (QED) is 0.601. The van der Waals surface area contributed by atoms with Crippen LogP contribution in [-0.4, -0.2) is 36.4 Å². The van der Waals surface area contributed by atoms with Gasteiger partial charge in [-0.3, -0.25) is 9.59 Å². The molecule has 1 saturated heterocycles. The maximum absolute atomic E-state index is 12.1. The van der Waals surface area contributed by atoms with Gasteiger partial charge in [-0.1, -0.05) is 19.1 Å². The number of aliphatic carboxylic acids is 1. The number of carbonyl (C=O) groups is 2. The van der Waals surface area contributed by atoms with Gasteiger partial charge in [-0.2, -0.15) is 0 Å². The third kappa shape index (κ3) is 1.39. The fourth-order valence-corrected chi connectivity index (χ4v) is 4.25. The van der Waals surface area contributed by atoms with Crippen LogP contribution in [0.25, 0.3) is 0 Å². The van der Waals surface area contributed by atoms with E-state index < -0.39 is 23.4 Å². The molecule has 0 unspecified atom stereocenters. The first-order chi connectivity index (χ1) is 9.03. The molecule has 3 aliphatic rings. The van der Waals surface area contributed by atoms with Crippen LogP contribution in [0.4, 0.5) is 0 Å². The molecule has 1 saturated carbocycles. The molecule has 3 rings (SSSR count). The second kappa shape index (κ2) is 4.07. The Bertz CT molecular complexity index is 457. The van der Waals surface area contributed by atoms with Crippen LogP contribution in [0.5, 0.6) is 0 Å². The standard InChI is InChI=1S/C14H18O5/c1-7-3-4-8-9(18-2)5-6-10-14(8,13(16)17)11(7)12(15)19-10/h3-4,7-11H,5-6H2,1-2H3,(H,16,17)/t7-,8-,9-,10-,11+,14+/m1/s1. The van der Waals surface area contributed by atoms with Crippen molar-refractivity contribution in [3.63, 3.8) is 0 Å². The van der Waals surface area contributed by atoms with Crippen LogP contribution in [0.1, 0.15) is 19.8 Å². The summed E-state index contributed by atoms with van der Waals surface area (Å²) < 4.78 is 10.8. The highest BCUT2D eigenvalue weighted by molar-refractivity contribution is 5.90. The van der Waals surface area contributed by atoms with Gasteiger partial charge in [0, 0.05) is 13.0 Å². The number of carbonyl (C=O) groups excluding carboxylic acids is 1. The molecule has 0 radical (unpaired) electrons. The first kappa shape index (κ1) is 12.7. The average molecular weight is 266 g/mol. The molecule has 5 nitrogen and oxygen atoms in total. The largest absolute Gasteiger partial charge is 0.481 e. The summed E-state index contributed by atoms with van der Waals surface area (Å²) in [6.07, 6.45) is 4.44. The number of carboxylic acids is 1. The molecule has 0 spiro atoms. The predicted molar refractivity (Wildman–Crippen MR) is 65.3 cm³/mol. The normalized spacial score (nSPS) is 47.7. The summed E-state index contributed by atoms with van der Waals surface area (Å²) in [7, 11) is 1.60. The predicted octanol–water partition coefficient (Wildman–Crippen LogP) is 1.23. The van der Waals surface area contributed by atoms with Crippen LogP contribution >= 0.6 is 0 Å². The van der Waals surface area contributed by atoms with Crippen molar-refractivity contribution in [1.82, 2.24) is 0 Å². The van der Waals surface area contributed by atoms with Crippen molar-refractivity contribution in [3.8, 4) is 0 Å². The van der Waals surface area contributed by atoms with E-state index in [1.54, 1.807) is 7.11 Å². The third-order valence-electron chi connectivity index (χ3n) is 5.05. The molecule has 0 bridgehead atoms. The number of hydrogen-bond acceptors (Lipinski definition) is 4. The van der Waals surface area contributed by atoms with Gasteiger partial charge in [0.15, 0.2) is 0 Å². The van der Waals surface area contributed by atoms with E-state index in [4.69, 9.17) is 9.47 Å². The van der Waals surface area contributed by atoms with Gasteiger partial charge < -0.3 is 14.6 Å². The van der Waals surface area contributed by atoms with Crippen LogP contribution in [0.2, 0.25) is 0 Å². The molecule has 0 aromatic carbocycles. The average Bonchev–Trinajstić information content (AvgIpc) is 2.69. The van der Waals surface area contributed by atoms with Crippen molar-refractivity contribution < 1.29 is 24.2 Å². The van der Waals surface area contributed by atoms with Gasteiger partial charge in [0.2, 0.25) is 0 Å².